The van der Waals surface area contributed by atoms with Gasteiger partial charge in [-0.05, 0) is 0 Å². The van der Waals surface area contributed by atoms with Crippen molar-refractivity contribution in [3.05, 3.63) is 0 Å². The molecule has 0 aliphatic carbocycles. The summed E-state index contributed by atoms with van der Waals surface area (Å²) in [5.41, 5.74) is 5.25. The van der Waals surface area contributed by atoms with Crippen molar-refractivity contribution >= 4 is 0 Å². The first kappa shape index (κ1) is 9.53. The molecular weight excluding hydrogens is 237 g/mol. The van der Waals surface area contributed by atoms with E-state index >= 15 is 0 Å². The molecule has 0 spiro atoms. The Hall–Kier alpha value is 0.530. The average molecular weight is 248 g/mol. The molecule has 1 atom stereocenters. The van der Waals surface area contributed by atoms with Gasteiger partial charge in [0.25, 0.3) is 0 Å². The normalized spacial score (nSPS) is 14.1. The van der Waals surface area contributed by atoms with Crippen LogP contribution < -0.4 is 37.5 Å². The summed E-state index contributed by atoms with van der Waals surface area (Å²) in [6, 6.07) is 0. The van der Waals surface area contributed by atoms with Gasteiger partial charge in [-0.1, -0.05) is 0 Å². The summed E-state index contributed by atoms with van der Waals surface area (Å²) < 4.78 is 10.2. The van der Waals surface area contributed by atoms with E-state index in [1.54, 1.807) is 0 Å². The Bertz CT molecular complexity index is 59.0. The first-order chi connectivity index (χ1) is 4.35. The minimum absolute atomic E-state index is 0.132. The molecule has 0 aromatic heterocycles. The molecule has 5 nitrogen and oxygen atoms in total. The summed E-state index contributed by atoms with van der Waals surface area (Å²) in [5.74, 6) is 4.77. The van der Waals surface area contributed by atoms with Crippen molar-refractivity contribution in [2.75, 3.05) is 13.2 Å². The van der Waals surface area contributed by atoms with Gasteiger partial charge < -0.3 is 0 Å². The Balaban J connectivity index is 3.18. The monoisotopic (exact) mass is 248 g/mol. The molecule has 6 N–H and O–H groups in total. The predicted octanol–water partition coefficient (Wildman–Crippen LogP) is -4.90. The van der Waals surface area contributed by atoms with E-state index in [9.17, 15) is 0 Å². The van der Waals surface area contributed by atoms with Crippen LogP contribution in [0.15, 0.2) is 0 Å². The van der Waals surface area contributed by atoms with Crippen LogP contribution in [-0.2, 0) is 7.90 Å². The number of rotatable bonds is 5. The van der Waals surface area contributed by atoms with Gasteiger partial charge in [0.2, 0.25) is 0 Å². The second kappa shape index (κ2) is 6.65. The summed E-state index contributed by atoms with van der Waals surface area (Å²) in [5, 5.41) is 0. The predicted molar refractivity (Wildman–Crippen MR) is 28.3 cm³/mol. The third-order valence-corrected chi connectivity index (χ3v) is 1.74. The SMILES string of the molecule is NCC(CON)O[I-]N. The van der Waals surface area contributed by atoms with Crippen LogP contribution in [-0.4, -0.2) is 19.3 Å². The molecule has 0 aliphatic rings. The fourth-order valence-corrected chi connectivity index (χ4v) is 1.08. The van der Waals surface area contributed by atoms with Crippen LogP contribution in [0, 0.1) is 0 Å². The molecule has 0 saturated heterocycles. The molecule has 9 heavy (non-hydrogen) atoms. The summed E-state index contributed by atoms with van der Waals surface area (Å²) in [6.07, 6.45) is -0.132. The van der Waals surface area contributed by atoms with Crippen LogP contribution in [0.25, 0.3) is 0 Å². The molecule has 0 aromatic carbocycles. The van der Waals surface area contributed by atoms with Gasteiger partial charge in [-0.15, -0.1) is 0 Å². The maximum absolute atomic E-state index is 5.25. The zero-order chi connectivity index (χ0) is 7.11. The Kier molecular flexibility index (Phi) is 7.04. The Morgan fingerprint density at radius 1 is 1.56 bits per heavy atom. The molecule has 0 bridgehead atoms. The van der Waals surface area contributed by atoms with Gasteiger partial charge in [0.05, 0.1) is 0 Å². The molecule has 0 saturated carbocycles. The summed E-state index contributed by atoms with van der Waals surface area (Å²) in [7, 11) is 0. The maximum atomic E-state index is 5.25. The molecule has 0 aromatic rings. The molecule has 0 radical (unpaired) electrons. The van der Waals surface area contributed by atoms with Crippen molar-refractivity contribution < 1.29 is 29.8 Å². The first-order valence-electron chi connectivity index (χ1n) is 2.36. The van der Waals surface area contributed by atoms with Crippen molar-refractivity contribution in [2.24, 2.45) is 15.6 Å². The van der Waals surface area contributed by atoms with E-state index in [1.165, 1.54) is 0 Å². The summed E-state index contributed by atoms with van der Waals surface area (Å²) in [6.45, 7) is 0.710. The third-order valence-electron chi connectivity index (χ3n) is 0.722. The Labute approximate surface area is 65.0 Å². The van der Waals surface area contributed by atoms with Crippen molar-refractivity contribution in [1.29, 1.82) is 0 Å². The van der Waals surface area contributed by atoms with Crippen molar-refractivity contribution in [1.82, 2.24) is 0 Å². The number of halogens is 1. The van der Waals surface area contributed by atoms with E-state index in [0.717, 1.165) is 0 Å². The fraction of sp³-hybridized carbons (Fsp3) is 1.00. The second-order valence-corrected chi connectivity index (χ2v) is 2.39. The van der Waals surface area contributed by atoms with E-state index in [4.69, 9.17) is 18.6 Å². The van der Waals surface area contributed by atoms with Crippen molar-refractivity contribution in [3.8, 4) is 0 Å². The van der Waals surface area contributed by atoms with Crippen LogP contribution >= 0.6 is 0 Å². The van der Waals surface area contributed by atoms with E-state index in [-0.39, 0.29) is 6.10 Å². The van der Waals surface area contributed by atoms with Crippen molar-refractivity contribution in [3.63, 3.8) is 0 Å². The third kappa shape index (κ3) is 5.00. The van der Waals surface area contributed by atoms with Gasteiger partial charge in [-0.3, -0.25) is 0 Å². The summed E-state index contributed by atoms with van der Waals surface area (Å²) in [4.78, 5) is 4.30. The van der Waals surface area contributed by atoms with E-state index in [2.05, 4.69) is 4.84 Å². The van der Waals surface area contributed by atoms with Gasteiger partial charge in [-0.25, -0.2) is 0 Å². The van der Waals surface area contributed by atoms with Crippen LogP contribution in [0.2, 0.25) is 0 Å². The second-order valence-electron chi connectivity index (χ2n) is 1.37. The number of hydrogen-bond donors (Lipinski definition) is 3. The molecule has 0 heterocycles. The van der Waals surface area contributed by atoms with Crippen LogP contribution in [0.1, 0.15) is 0 Å². The average Bonchev–Trinajstić information content (AvgIpc) is 1.88. The standard InChI is InChI=1S/C3H11IN3O2/c5-1-3(2-8-7)9-4-6/h3H,1-2,5-7H2/q-1. The van der Waals surface area contributed by atoms with Gasteiger partial charge in [0, 0.05) is 0 Å². The van der Waals surface area contributed by atoms with Gasteiger partial charge in [0.1, 0.15) is 0 Å². The summed E-state index contributed by atoms with van der Waals surface area (Å²) >= 11 is -0.667. The molecular formula is C3H11IN3O2-. The Morgan fingerprint density at radius 2 is 2.22 bits per heavy atom. The zero-order valence-electron chi connectivity index (χ0n) is 4.92. The van der Waals surface area contributed by atoms with Crippen LogP contribution in [0.5, 0.6) is 0 Å². The van der Waals surface area contributed by atoms with Crippen molar-refractivity contribution in [2.45, 2.75) is 6.10 Å². The fourth-order valence-electron chi connectivity index (χ4n) is 0.310. The quantitative estimate of drug-likeness (QED) is 0.257. The molecule has 0 aliphatic heterocycles. The van der Waals surface area contributed by atoms with E-state index < -0.39 is 21.9 Å². The molecule has 0 amide bonds. The molecule has 1 unspecified atom stereocenters. The van der Waals surface area contributed by atoms with Gasteiger partial charge >= 0.3 is 64.6 Å². The van der Waals surface area contributed by atoms with E-state index in [0.29, 0.717) is 13.2 Å². The Morgan fingerprint density at radius 3 is 2.56 bits per heavy atom. The molecule has 0 rings (SSSR count). The topological polar surface area (TPSA) is 96.5 Å². The number of nitrogens with two attached hydrogens (primary N) is 3. The molecule has 58 valence electrons. The first-order valence-corrected chi connectivity index (χ1v) is 4.48. The van der Waals surface area contributed by atoms with E-state index in [1.807, 2.05) is 0 Å². The number of hydrogen-bond acceptors (Lipinski definition) is 5. The van der Waals surface area contributed by atoms with Crippen LogP contribution in [0.3, 0.4) is 0 Å². The zero-order valence-corrected chi connectivity index (χ0v) is 7.08. The van der Waals surface area contributed by atoms with Gasteiger partial charge in [-0.2, -0.15) is 0 Å². The molecule has 6 heteroatoms. The van der Waals surface area contributed by atoms with Crippen LogP contribution in [0.4, 0.5) is 0 Å². The molecule has 0 fully saturated rings. The minimum atomic E-state index is -0.667. The van der Waals surface area contributed by atoms with Gasteiger partial charge in [0.15, 0.2) is 0 Å².